The van der Waals surface area contributed by atoms with Crippen LogP contribution in [0.25, 0.3) is 0 Å². The molecule has 2 aromatic carbocycles. The molecule has 2 aliphatic rings. The molecule has 2 aliphatic heterocycles. The Morgan fingerprint density at radius 3 is 1.71 bits per heavy atom. The van der Waals surface area contributed by atoms with Crippen molar-refractivity contribution in [3.8, 4) is 0 Å². The third kappa shape index (κ3) is 3.88. The molecule has 0 amide bonds. The van der Waals surface area contributed by atoms with Crippen molar-refractivity contribution in [2.75, 3.05) is 64.6 Å². The van der Waals surface area contributed by atoms with E-state index in [1.54, 1.807) is 0 Å². The molecule has 2 heterocycles. The minimum Gasteiger partial charge on any atom is -0.379 e. The molecule has 0 saturated carbocycles. The fourth-order valence-electron chi connectivity index (χ4n) is 3.83. The highest BCUT2D eigenvalue weighted by atomic mass is 31.2. The summed E-state index contributed by atoms with van der Waals surface area (Å²) in [5, 5.41) is 0.890. The molecule has 2 aromatic rings. The number of hydrogen-bond acceptors (Lipinski definition) is 4. The van der Waals surface area contributed by atoms with Gasteiger partial charge in [0, 0.05) is 49.9 Å². The first-order chi connectivity index (χ1) is 13.7. The third-order valence-electron chi connectivity index (χ3n) is 5.46. The van der Waals surface area contributed by atoms with Gasteiger partial charge in [0.15, 0.2) is 0 Å². The highest BCUT2D eigenvalue weighted by Gasteiger charge is 2.40. The van der Waals surface area contributed by atoms with Crippen LogP contribution in [-0.4, -0.2) is 69.0 Å². The zero-order valence-electron chi connectivity index (χ0n) is 16.4. The Morgan fingerprint density at radius 1 is 0.750 bits per heavy atom. The molecule has 0 radical (unpaired) electrons. The molecule has 150 valence electrons. The SMILES string of the molecule is CN(c1ccccc1)c1ccc(P(=O)(N2CCOCC2)N2CCOCC2)cc1. The predicted molar refractivity (Wildman–Crippen MR) is 113 cm³/mol. The van der Waals surface area contributed by atoms with E-state index in [0.717, 1.165) is 16.7 Å². The van der Waals surface area contributed by atoms with E-state index in [1.807, 2.05) is 37.4 Å². The summed E-state index contributed by atoms with van der Waals surface area (Å²) in [6.45, 7) is 5.29. The average molecular weight is 401 g/mol. The van der Waals surface area contributed by atoms with Crippen molar-refractivity contribution in [1.29, 1.82) is 0 Å². The van der Waals surface area contributed by atoms with E-state index in [0.29, 0.717) is 52.6 Å². The fourth-order valence-corrected chi connectivity index (χ4v) is 6.79. The van der Waals surface area contributed by atoms with Gasteiger partial charge in [-0.3, -0.25) is 4.57 Å². The molecule has 0 atom stereocenters. The van der Waals surface area contributed by atoms with Gasteiger partial charge in [-0.05, 0) is 36.4 Å². The van der Waals surface area contributed by atoms with E-state index >= 15 is 0 Å². The second-order valence-corrected chi connectivity index (χ2v) is 9.82. The number of rotatable bonds is 5. The van der Waals surface area contributed by atoms with Crippen molar-refractivity contribution in [2.45, 2.75) is 0 Å². The van der Waals surface area contributed by atoms with E-state index in [-0.39, 0.29) is 0 Å². The first kappa shape index (κ1) is 19.6. The number of morpholine rings is 2. The predicted octanol–water partition coefficient (Wildman–Crippen LogP) is 2.94. The highest BCUT2D eigenvalue weighted by molar-refractivity contribution is 7.67. The summed E-state index contributed by atoms with van der Waals surface area (Å²) in [5.41, 5.74) is 2.20. The molecule has 2 fully saturated rings. The maximum atomic E-state index is 14.4. The van der Waals surface area contributed by atoms with Crippen LogP contribution in [0.2, 0.25) is 0 Å². The fraction of sp³-hybridized carbons (Fsp3) is 0.429. The summed E-state index contributed by atoms with van der Waals surface area (Å²) in [5.74, 6) is 0. The molecule has 0 unspecified atom stereocenters. The number of nitrogens with zero attached hydrogens (tertiary/aromatic N) is 3. The Bertz CT molecular complexity index is 781. The maximum absolute atomic E-state index is 14.4. The van der Waals surface area contributed by atoms with E-state index in [1.165, 1.54) is 0 Å². The molecule has 28 heavy (non-hydrogen) atoms. The molecule has 4 rings (SSSR count). The Morgan fingerprint density at radius 2 is 1.21 bits per heavy atom. The standard InChI is InChI=1S/C21H28N3O3P/c1-22(19-5-3-2-4-6-19)20-7-9-21(10-8-20)28(25,23-11-15-26-16-12-23)24-13-17-27-18-14-24/h2-10H,11-18H2,1H3. The molecule has 0 aromatic heterocycles. The lowest BCUT2D eigenvalue weighted by Gasteiger charge is -2.42. The van der Waals surface area contributed by atoms with Gasteiger partial charge in [0.25, 0.3) is 0 Å². The van der Waals surface area contributed by atoms with Crippen molar-refractivity contribution in [2.24, 2.45) is 0 Å². The molecule has 0 N–H and O–H groups in total. The summed E-state index contributed by atoms with van der Waals surface area (Å²) in [4.78, 5) is 2.14. The van der Waals surface area contributed by atoms with Crippen molar-refractivity contribution < 1.29 is 14.0 Å². The summed E-state index contributed by atoms with van der Waals surface area (Å²) >= 11 is 0. The number of para-hydroxylation sites is 1. The number of benzene rings is 2. The van der Waals surface area contributed by atoms with Gasteiger partial charge in [-0.25, -0.2) is 9.34 Å². The Balaban J connectivity index is 1.63. The van der Waals surface area contributed by atoms with E-state index < -0.39 is 7.44 Å². The van der Waals surface area contributed by atoms with Crippen LogP contribution in [0.4, 0.5) is 11.4 Å². The van der Waals surface area contributed by atoms with Crippen LogP contribution in [0.5, 0.6) is 0 Å². The second-order valence-electron chi connectivity index (χ2n) is 7.09. The smallest absolute Gasteiger partial charge is 0.246 e. The van der Waals surface area contributed by atoms with E-state index in [9.17, 15) is 4.57 Å². The van der Waals surface area contributed by atoms with Crippen LogP contribution in [0.1, 0.15) is 0 Å². The minimum atomic E-state index is -2.86. The number of hydrogen-bond donors (Lipinski definition) is 0. The van der Waals surface area contributed by atoms with Crippen LogP contribution in [0.15, 0.2) is 54.6 Å². The molecule has 2 saturated heterocycles. The Hall–Kier alpha value is -1.69. The van der Waals surface area contributed by atoms with Crippen molar-refractivity contribution >= 4 is 24.1 Å². The van der Waals surface area contributed by atoms with Crippen LogP contribution in [0.3, 0.4) is 0 Å². The second kappa shape index (κ2) is 8.76. The normalized spacial score (nSPS) is 19.5. The number of anilines is 2. The van der Waals surface area contributed by atoms with Gasteiger partial charge in [0.1, 0.15) is 0 Å². The average Bonchev–Trinajstić information content (AvgIpc) is 2.80. The quantitative estimate of drug-likeness (QED) is 0.718. The Kier molecular flexibility index (Phi) is 6.14. The van der Waals surface area contributed by atoms with Gasteiger partial charge in [0.2, 0.25) is 7.44 Å². The number of ether oxygens (including phenoxy) is 2. The lowest BCUT2D eigenvalue weighted by atomic mass is 10.2. The summed E-state index contributed by atoms with van der Waals surface area (Å²) < 4.78 is 29.7. The summed E-state index contributed by atoms with van der Waals surface area (Å²) in [6.07, 6.45) is 0. The first-order valence-electron chi connectivity index (χ1n) is 9.85. The van der Waals surface area contributed by atoms with Gasteiger partial charge in [-0.1, -0.05) is 18.2 Å². The summed E-state index contributed by atoms with van der Waals surface area (Å²) in [6, 6.07) is 18.4. The largest absolute Gasteiger partial charge is 0.379 e. The molecule has 6 nitrogen and oxygen atoms in total. The van der Waals surface area contributed by atoms with Gasteiger partial charge < -0.3 is 14.4 Å². The van der Waals surface area contributed by atoms with Crippen LogP contribution in [0, 0.1) is 0 Å². The van der Waals surface area contributed by atoms with E-state index in [2.05, 4.69) is 38.5 Å². The zero-order chi connectivity index (χ0) is 19.4. The van der Waals surface area contributed by atoms with Crippen LogP contribution >= 0.6 is 7.44 Å². The lowest BCUT2D eigenvalue weighted by Crippen LogP contribution is -2.46. The van der Waals surface area contributed by atoms with Gasteiger partial charge >= 0.3 is 0 Å². The molecule has 7 heteroatoms. The zero-order valence-corrected chi connectivity index (χ0v) is 17.3. The highest BCUT2D eigenvalue weighted by Crippen LogP contribution is 2.52. The molecule has 0 aliphatic carbocycles. The van der Waals surface area contributed by atoms with Gasteiger partial charge in [-0.2, -0.15) is 0 Å². The van der Waals surface area contributed by atoms with Crippen molar-refractivity contribution in [1.82, 2.24) is 9.34 Å². The van der Waals surface area contributed by atoms with Crippen molar-refractivity contribution in [3.05, 3.63) is 54.6 Å². The van der Waals surface area contributed by atoms with Gasteiger partial charge in [0.05, 0.1) is 26.4 Å². The maximum Gasteiger partial charge on any atom is 0.246 e. The van der Waals surface area contributed by atoms with Gasteiger partial charge in [-0.15, -0.1) is 0 Å². The third-order valence-corrected chi connectivity index (χ3v) is 8.76. The molecule has 0 bridgehead atoms. The topological polar surface area (TPSA) is 45.2 Å². The molecular weight excluding hydrogens is 373 g/mol. The molecular formula is C21H28N3O3P. The monoisotopic (exact) mass is 401 g/mol. The minimum absolute atomic E-state index is 0.628. The summed E-state index contributed by atoms with van der Waals surface area (Å²) in [7, 11) is -0.807. The lowest BCUT2D eigenvalue weighted by molar-refractivity contribution is 0.0538. The van der Waals surface area contributed by atoms with Crippen molar-refractivity contribution in [3.63, 3.8) is 0 Å². The Labute approximate surface area is 167 Å². The van der Waals surface area contributed by atoms with Crippen LogP contribution < -0.4 is 10.2 Å². The van der Waals surface area contributed by atoms with Crippen LogP contribution in [-0.2, 0) is 14.0 Å². The van der Waals surface area contributed by atoms with E-state index in [4.69, 9.17) is 9.47 Å². The first-order valence-corrected chi connectivity index (χ1v) is 11.5. The molecule has 0 spiro atoms.